The Morgan fingerprint density at radius 2 is 0.820 bits per heavy atom. The van der Waals surface area contributed by atoms with E-state index in [4.69, 9.17) is 39.7 Å². The number of carbonyl (C=O) groups excluding carboxylic acids is 5. The van der Waals surface area contributed by atoms with Gasteiger partial charge in [-0.25, -0.2) is 32.9 Å². The zero-order chi connectivity index (χ0) is 77.3. The predicted octanol–water partition coefficient (Wildman–Crippen LogP) is 12.7. The summed E-state index contributed by atoms with van der Waals surface area (Å²) in [7, 11) is 0. The number of rotatable bonds is 18. The number of hydrogen-bond acceptors (Lipinski definition) is 21. The second kappa shape index (κ2) is 39.6. The van der Waals surface area contributed by atoms with Crippen molar-refractivity contribution in [3.63, 3.8) is 0 Å². The molecule has 10 heterocycles. The monoisotopic (exact) mass is 1520 g/mol. The number of primary amides is 1. The number of esters is 1. The summed E-state index contributed by atoms with van der Waals surface area (Å²) in [6.07, 6.45) is 32.0. The first-order valence-corrected chi connectivity index (χ1v) is 37.9. The van der Waals surface area contributed by atoms with Crippen molar-refractivity contribution in [2.45, 2.75) is 200 Å². The first-order chi connectivity index (χ1) is 52.9. The molecule has 10 aromatic rings. The third-order valence-electron chi connectivity index (χ3n) is 22.1. The van der Waals surface area contributed by atoms with Crippen LogP contribution >= 0.6 is 0 Å². The van der Waals surface area contributed by atoms with E-state index in [9.17, 15) is 34.2 Å². The fraction of sp³-hybridized carbons (Fsp3) is 0.463. The van der Waals surface area contributed by atoms with Crippen LogP contribution in [0.2, 0.25) is 0 Å². The standard InChI is InChI=1S/C18H22N4O2.C16H18N4O2.C16H18N4O.C15H20N4O2.C15H19N3O3.Na.H2O/c1-4-24-18(23)16-10-9-15-17(14(19-3)11-20-22(15)16)21-13-8-6-5-7-12(13)2;1-11-5-3-4-6-12(11)19-16-13(17-2)9-18-20-14(16)7-8-15(20)22-10-21;1-11-5-3-4-6-13(11)19-16-14(17-2)9-18-20-12(10-21)7-8-15(16)20;1-9-4-2-3-5-11(9)18-14-10(15(16)21)8-17-19-12(14)6-7-13(19)20;1-10-4-2-3-5-11(10)17-15-12-6-7-14(20)18(12)16-8-13(15)21-9-19;;/h9-13,21H,4-8H2,1-2H3;7-12,19H,3-6H2,1H3;7-11,13,19H,3-6H2,1H3;6-9,11,18,20H,2-5H2,1H3,(H2,16,21);6-11,17,20H,2-5H2,1H3;;1H2/q;;;;;+1;/p-1. The number of nitrogens with two attached hydrogens (primary N) is 1. The molecule has 0 saturated heterocycles. The number of ether oxygens (including phenoxy) is 3. The van der Waals surface area contributed by atoms with E-state index in [0.29, 0.717) is 147 Å². The Morgan fingerprint density at radius 3 is 1.24 bits per heavy atom. The van der Waals surface area contributed by atoms with Gasteiger partial charge in [-0.3, -0.25) is 19.2 Å². The van der Waals surface area contributed by atoms with Gasteiger partial charge in [0.2, 0.25) is 34.7 Å². The van der Waals surface area contributed by atoms with E-state index >= 15 is 0 Å². The van der Waals surface area contributed by atoms with Gasteiger partial charge in [0.05, 0.1) is 113 Å². The van der Waals surface area contributed by atoms with Gasteiger partial charge in [-0.2, -0.15) is 34.5 Å². The number of aldehydes is 1. The molecular formula is C80H98N19NaO11. The van der Waals surface area contributed by atoms with Crippen LogP contribution in [0, 0.1) is 49.3 Å². The maximum absolute atomic E-state index is 12.1. The molecule has 5 aliphatic rings. The molecule has 0 spiro atoms. The van der Waals surface area contributed by atoms with Crippen LogP contribution < -0.4 is 71.3 Å². The molecule has 0 bridgehead atoms. The number of anilines is 5. The van der Waals surface area contributed by atoms with Gasteiger partial charge in [-0.1, -0.05) is 98.8 Å². The Balaban J connectivity index is 0.000000159. The van der Waals surface area contributed by atoms with Crippen molar-refractivity contribution >= 4 is 104 Å². The summed E-state index contributed by atoms with van der Waals surface area (Å²) >= 11 is 0. The van der Waals surface area contributed by atoms with Gasteiger partial charge in [0, 0.05) is 48.4 Å². The van der Waals surface area contributed by atoms with Crippen molar-refractivity contribution < 1.29 is 83.4 Å². The summed E-state index contributed by atoms with van der Waals surface area (Å²) in [5.41, 5.74) is 15.5. The minimum atomic E-state index is -0.517. The molecule has 30 nitrogen and oxygen atoms in total. The average molecular weight is 1520 g/mol. The Morgan fingerprint density at radius 1 is 0.468 bits per heavy atom. The molecule has 15 rings (SSSR count). The Bertz CT molecular complexity index is 5010. The van der Waals surface area contributed by atoms with Crippen LogP contribution in [0.5, 0.6) is 23.4 Å². The maximum Gasteiger partial charge on any atom is 1.00 e. The molecule has 10 aromatic heterocycles. The van der Waals surface area contributed by atoms with Crippen LogP contribution in [0.25, 0.3) is 42.1 Å². The van der Waals surface area contributed by atoms with E-state index in [2.05, 4.69) is 101 Å². The van der Waals surface area contributed by atoms with Crippen LogP contribution in [0.4, 0.5) is 45.5 Å². The summed E-state index contributed by atoms with van der Waals surface area (Å²) in [6, 6.07) is 18.9. The largest absolute Gasteiger partial charge is 1.00 e. The van der Waals surface area contributed by atoms with Crippen LogP contribution in [-0.4, -0.2) is 132 Å². The fourth-order valence-electron chi connectivity index (χ4n) is 15.7. The van der Waals surface area contributed by atoms with Gasteiger partial charge in [0.15, 0.2) is 17.7 Å². The number of amides is 1. The van der Waals surface area contributed by atoms with Crippen molar-refractivity contribution in [2.24, 2.45) is 35.3 Å². The van der Waals surface area contributed by atoms with E-state index < -0.39 is 11.9 Å². The number of fused-ring (bicyclic) bond motifs is 5. The number of carbonyl (C=O) groups is 5. The number of aromatic nitrogens is 10. The molecule has 111 heavy (non-hydrogen) atoms. The first-order valence-electron chi connectivity index (χ1n) is 37.9. The normalized spacial score (nSPS) is 21.2. The molecule has 0 aliphatic heterocycles. The number of aromatic hydroxyl groups is 2. The molecule has 31 heteroatoms. The molecule has 10 N–H and O–H groups in total. The van der Waals surface area contributed by atoms with Gasteiger partial charge in [0.1, 0.15) is 11.4 Å². The minimum absolute atomic E-state index is 0. The fourth-order valence-corrected chi connectivity index (χ4v) is 15.7. The topological polar surface area (TPSA) is 369 Å². The van der Waals surface area contributed by atoms with E-state index in [1.54, 1.807) is 62.9 Å². The Kier molecular flexibility index (Phi) is 30.0. The van der Waals surface area contributed by atoms with E-state index in [1.165, 1.54) is 136 Å². The molecule has 10 unspecified atom stereocenters. The molecule has 5 saturated carbocycles. The number of nitrogens with one attached hydrogen (secondary N) is 5. The second-order valence-electron chi connectivity index (χ2n) is 29.1. The third-order valence-corrected chi connectivity index (χ3v) is 22.1. The first kappa shape index (κ1) is 84.1. The average Bonchev–Trinajstić information content (AvgIpc) is 1.70. The van der Waals surface area contributed by atoms with E-state index in [-0.39, 0.29) is 46.8 Å². The molecule has 1 amide bonds. The van der Waals surface area contributed by atoms with Gasteiger partial charge in [-0.05, 0) is 143 Å². The SMILES string of the molecule is CC1CCCCC1Nc1c(C(N)=O)cnn2c(O)ccc12.CC1CCCCC1Nc1c(OC=O)cnn2c(O)ccc12.[C-]#[N+]c1cnn2c(C(=O)OCC)ccc2c1NC1CCCCC1C.[C-]#[N+]c1cnn2c(C=O)ccc2c1NC1CCCCC1C.[C-]#[N+]c1cnn2c(OC=O)ccc2c1NC1CCCCC1C.[Na+].[OH-]. The molecular weight excluding hydrogens is 1430 g/mol. The van der Waals surface area contributed by atoms with E-state index in [0.717, 1.165) is 72.0 Å². The summed E-state index contributed by atoms with van der Waals surface area (Å²) in [4.78, 5) is 66.8. The van der Waals surface area contributed by atoms with Crippen LogP contribution in [0.1, 0.15) is 201 Å². The Hall–Kier alpha value is -11.0. The number of nitrogens with zero attached hydrogens (tertiary/aromatic N) is 13. The van der Waals surface area contributed by atoms with Crippen molar-refractivity contribution in [1.29, 1.82) is 0 Å². The van der Waals surface area contributed by atoms with Gasteiger partial charge in [0.25, 0.3) is 18.9 Å². The van der Waals surface area contributed by atoms with Crippen LogP contribution in [0.15, 0.2) is 91.6 Å². The minimum Gasteiger partial charge on any atom is -0.870 e. The summed E-state index contributed by atoms with van der Waals surface area (Å²) < 4.78 is 22.5. The molecule has 5 fully saturated rings. The summed E-state index contributed by atoms with van der Waals surface area (Å²) in [5.74, 6) is 2.72. The molecule has 0 aromatic carbocycles. The van der Waals surface area contributed by atoms with E-state index in [1.807, 2.05) is 18.2 Å². The molecule has 0 radical (unpaired) electrons. The zero-order valence-electron chi connectivity index (χ0n) is 64.0. The van der Waals surface area contributed by atoms with Gasteiger partial charge < -0.3 is 62.2 Å². The smallest absolute Gasteiger partial charge is 0.870 e. The van der Waals surface area contributed by atoms with Crippen molar-refractivity contribution in [3.05, 3.63) is 143 Å². The Labute approximate surface area is 666 Å². The molecule has 5 aliphatic carbocycles. The third kappa shape index (κ3) is 19.4. The van der Waals surface area contributed by atoms with Crippen molar-refractivity contribution in [2.75, 3.05) is 33.2 Å². The zero-order valence-corrected chi connectivity index (χ0v) is 66.0. The van der Waals surface area contributed by atoms with Crippen molar-refractivity contribution in [3.8, 4) is 23.4 Å². The maximum atomic E-state index is 12.1. The second-order valence-corrected chi connectivity index (χ2v) is 29.1. The van der Waals surface area contributed by atoms with Crippen LogP contribution in [-0.2, 0) is 14.3 Å². The quantitative estimate of drug-likeness (QED) is 0.0171. The summed E-state index contributed by atoms with van der Waals surface area (Å²) in [6.45, 7) is 36.2. The van der Waals surface area contributed by atoms with Crippen LogP contribution in [0.3, 0.4) is 0 Å². The summed E-state index contributed by atoms with van der Waals surface area (Å²) in [5, 5.41) is 57.9. The number of hydrogen-bond donors (Lipinski definition) is 8. The molecule has 10 atom stereocenters. The van der Waals surface area contributed by atoms with Gasteiger partial charge in [-0.15, -0.1) is 0 Å². The van der Waals surface area contributed by atoms with Crippen molar-refractivity contribution in [1.82, 2.24) is 48.1 Å². The molecule has 580 valence electrons. The predicted molar refractivity (Wildman–Crippen MR) is 418 cm³/mol. The van der Waals surface area contributed by atoms with Gasteiger partial charge >= 0.3 is 35.5 Å².